The van der Waals surface area contributed by atoms with Gasteiger partial charge in [0.2, 0.25) is 0 Å². The van der Waals surface area contributed by atoms with E-state index in [9.17, 15) is 0 Å². The summed E-state index contributed by atoms with van der Waals surface area (Å²) in [7, 11) is 0. The molecule has 42 valence electrons. The van der Waals surface area contributed by atoms with E-state index in [1.807, 2.05) is 0 Å². The quantitative estimate of drug-likeness (QED) is 0.459. The molecule has 1 aliphatic heterocycles. The molecule has 0 N–H and O–H groups in total. The second-order valence-electron chi connectivity index (χ2n) is 3.16. The summed E-state index contributed by atoms with van der Waals surface area (Å²) in [6, 6.07) is 0. The molecule has 1 fully saturated rings. The zero-order valence-electron chi connectivity index (χ0n) is 5.36. The van der Waals surface area contributed by atoms with Crippen LogP contribution in [0.2, 0.25) is 14.8 Å². The molecule has 1 heterocycles. The number of nitrogens with zero attached hydrogens (tertiary/aromatic N) is 1. The molecule has 1 nitrogen and oxygen atoms in total. The van der Waals surface area contributed by atoms with Crippen LogP contribution in [-0.4, -0.2) is 34.9 Å². The minimum atomic E-state index is -1.42. The van der Waals surface area contributed by atoms with Gasteiger partial charge in [-0.2, -0.15) is 0 Å². The molecule has 0 bridgehead atoms. The summed E-state index contributed by atoms with van der Waals surface area (Å²) >= 11 is -1.42. The Balaban J connectivity index is 2.36. The van der Waals surface area contributed by atoms with Gasteiger partial charge in [0, 0.05) is 0 Å². The van der Waals surface area contributed by atoms with Gasteiger partial charge in [-0.3, -0.25) is 0 Å². The molecule has 2 heteroatoms. The van der Waals surface area contributed by atoms with Crippen molar-refractivity contribution in [3.63, 3.8) is 0 Å². The predicted molar refractivity (Wildman–Crippen MR) is 34.9 cm³/mol. The van der Waals surface area contributed by atoms with Gasteiger partial charge in [-0.15, -0.1) is 0 Å². The third kappa shape index (κ3) is 1.61. The van der Waals surface area contributed by atoms with Crippen molar-refractivity contribution in [2.75, 3.05) is 13.1 Å². The molecule has 0 aromatic carbocycles. The molecule has 1 rings (SSSR count). The average molecular weight is 206 g/mol. The van der Waals surface area contributed by atoms with Crippen LogP contribution in [-0.2, 0) is 0 Å². The topological polar surface area (TPSA) is 3.01 Å². The van der Waals surface area contributed by atoms with Crippen LogP contribution in [0.3, 0.4) is 0 Å². The van der Waals surface area contributed by atoms with Crippen LogP contribution in [0.1, 0.15) is 0 Å². The average Bonchev–Trinajstić information content (AvgIpc) is 1.99. The molecule has 7 heavy (non-hydrogen) atoms. The van der Waals surface area contributed by atoms with Crippen molar-refractivity contribution in [1.82, 2.24) is 3.12 Å². The summed E-state index contributed by atoms with van der Waals surface area (Å²) in [5, 5.41) is 0. The molecule has 0 unspecified atom stereocenters. The van der Waals surface area contributed by atoms with Crippen molar-refractivity contribution < 1.29 is 0 Å². The summed E-state index contributed by atoms with van der Waals surface area (Å²) in [5.74, 6) is 0. The fourth-order valence-electron chi connectivity index (χ4n) is 0.721. The Kier molecular flexibility index (Phi) is 1.36. The fourth-order valence-corrected chi connectivity index (χ4v) is 4.84. The molecule has 1 aliphatic rings. The van der Waals surface area contributed by atoms with E-state index < -0.39 is 18.7 Å². The SMILES string of the molecule is [CH3][Sn]([CH3])([CH3])[N]1CC1. The first-order valence-corrected chi connectivity index (χ1v) is 12.7. The second-order valence-corrected chi connectivity index (χ2v) is 17.4. The first-order chi connectivity index (χ1) is 3.11. The Morgan fingerprint density at radius 2 is 1.57 bits per heavy atom. The van der Waals surface area contributed by atoms with E-state index in [0.29, 0.717) is 0 Å². The van der Waals surface area contributed by atoms with Gasteiger partial charge in [0.25, 0.3) is 0 Å². The van der Waals surface area contributed by atoms with Crippen LogP contribution in [0.25, 0.3) is 0 Å². The van der Waals surface area contributed by atoms with Crippen molar-refractivity contribution in [1.29, 1.82) is 0 Å². The maximum absolute atomic E-state index is 2.65. The van der Waals surface area contributed by atoms with Gasteiger partial charge in [-0.05, 0) is 0 Å². The van der Waals surface area contributed by atoms with Crippen LogP contribution in [0.4, 0.5) is 0 Å². The first-order valence-electron chi connectivity index (χ1n) is 2.86. The van der Waals surface area contributed by atoms with Crippen molar-refractivity contribution >= 4 is 18.7 Å². The molecular weight excluding hydrogens is 193 g/mol. The molecule has 1 saturated heterocycles. The zero-order valence-corrected chi connectivity index (χ0v) is 8.22. The summed E-state index contributed by atoms with van der Waals surface area (Å²) in [6.07, 6.45) is 0. The fraction of sp³-hybridized carbons (Fsp3) is 1.00. The van der Waals surface area contributed by atoms with Crippen molar-refractivity contribution in [3.05, 3.63) is 0 Å². The van der Waals surface area contributed by atoms with E-state index in [1.54, 1.807) is 0 Å². The monoisotopic (exact) mass is 207 g/mol. The molecule has 0 aromatic rings. The van der Waals surface area contributed by atoms with Crippen LogP contribution < -0.4 is 0 Å². The van der Waals surface area contributed by atoms with Crippen LogP contribution in [0.5, 0.6) is 0 Å². The van der Waals surface area contributed by atoms with E-state index in [0.717, 1.165) is 0 Å². The molecule has 0 aliphatic carbocycles. The summed E-state index contributed by atoms with van der Waals surface area (Å²) in [6.45, 7) is 2.80. The molecule has 0 amide bonds. The van der Waals surface area contributed by atoms with Gasteiger partial charge in [0.15, 0.2) is 0 Å². The molecule has 0 spiro atoms. The Hall–Kier alpha value is 0.759. The number of hydrogen-bond acceptors (Lipinski definition) is 1. The van der Waals surface area contributed by atoms with E-state index in [2.05, 4.69) is 17.9 Å². The van der Waals surface area contributed by atoms with E-state index in [-0.39, 0.29) is 0 Å². The Morgan fingerprint density at radius 3 is 1.57 bits per heavy atom. The van der Waals surface area contributed by atoms with Crippen LogP contribution in [0, 0.1) is 0 Å². The molecule has 0 radical (unpaired) electrons. The van der Waals surface area contributed by atoms with Crippen LogP contribution >= 0.6 is 0 Å². The first kappa shape index (κ1) is 5.89. The Bertz CT molecular complexity index is 70.6. The van der Waals surface area contributed by atoms with E-state index in [1.165, 1.54) is 13.1 Å². The molecule has 0 saturated carbocycles. The predicted octanol–water partition coefficient (Wildman–Crippen LogP) is 1.14. The van der Waals surface area contributed by atoms with Gasteiger partial charge in [-0.1, -0.05) is 0 Å². The third-order valence-corrected chi connectivity index (χ3v) is 8.09. The third-order valence-electron chi connectivity index (χ3n) is 1.40. The second kappa shape index (κ2) is 1.62. The Labute approximate surface area is 49.9 Å². The van der Waals surface area contributed by atoms with Gasteiger partial charge in [0.1, 0.15) is 0 Å². The summed E-state index contributed by atoms with van der Waals surface area (Å²) < 4.78 is 2.65. The summed E-state index contributed by atoms with van der Waals surface area (Å²) in [5.41, 5.74) is 0. The number of rotatable bonds is 1. The Morgan fingerprint density at radius 1 is 1.14 bits per heavy atom. The minimum absolute atomic E-state index is 1.40. The van der Waals surface area contributed by atoms with Crippen molar-refractivity contribution in [3.8, 4) is 0 Å². The van der Waals surface area contributed by atoms with Gasteiger partial charge >= 0.3 is 49.7 Å². The van der Waals surface area contributed by atoms with Gasteiger partial charge in [0.05, 0.1) is 0 Å². The van der Waals surface area contributed by atoms with Crippen molar-refractivity contribution in [2.24, 2.45) is 0 Å². The molecule has 0 atom stereocenters. The normalized spacial score (nSPS) is 22.7. The molecular formula is C5H13NSn. The van der Waals surface area contributed by atoms with Gasteiger partial charge < -0.3 is 0 Å². The molecule has 0 aromatic heterocycles. The standard InChI is InChI=1S/C2H4N.3CH3.Sn/c1-2-3-1;;;;/h1-2H2;3*1H3;/q-1;;;;+1. The van der Waals surface area contributed by atoms with Gasteiger partial charge in [-0.25, -0.2) is 0 Å². The number of hydrogen-bond donors (Lipinski definition) is 0. The van der Waals surface area contributed by atoms with Crippen molar-refractivity contribution in [2.45, 2.75) is 14.8 Å². The van der Waals surface area contributed by atoms with E-state index >= 15 is 0 Å². The maximum atomic E-state index is 2.65. The van der Waals surface area contributed by atoms with Crippen LogP contribution in [0.15, 0.2) is 0 Å². The van der Waals surface area contributed by atoms with E-state index in [4.69, 9.17) is 0 Å². The summed E-state index contributed by atoms with van der Waals surface area (Å²) in [4.78, 5) is 7.38. The zero-order chi connectivity index (χ0) is 5.49.